The summed E-state index contributed by atoms with van der Waals surface area (Å²) in [5, 5.41) is 10.6. The minimum Gasteiger partial charge on any atom is -0.496 e. The lowest BCUT2D eigenvalue weighted by atomic mass is 10.0. The fourth-order valence-electron chi connectivity index (χ4n) is 3.25. The molecule has 5 heteroatoms. The minimum absolute atomic E-state index is 0.543. The highest BCUT2D eigenvalue weighted by atomic mass is 16.5. The summed E-state index contributed by atoms with van der Waals surface area (Å²) in [5.41, 5.74) is 1.69. The Morgan fingerprint density at radius 1 is 1.32 bits per heavy atom. The number of rotatable bonds is 7. The zero-order chi connectivity index (χ0) is 16.2. The Morgan fingerprint density at radius 3 is 2.73 bits per heavy atom. The summed E-state index contributed by atoms with van der Waals surface area (Å²) in [4.78, 5) is 4.36. The molecule has 1 aromatic rings. The van der Waals surface area contributed by atoms with Crippen LogP contribution in [-0.4, -0.2) is 68.5 Å². The molecule has 1 aromatic carbocycles. The van der Waals surface area contributed by atoms with Crippen LogP contribution in [0.15, 0.2) is 18.2 Å². The smallest absolute Gasteiger partial charge is 0.124 e. The molecule has 0 saturated carbocycles. The van der Waals surface area contributed by atoms with Gasteiger partial charge in [-0.2, -0.15) is 0 Å². The molecule has 1 N–H and O–H groups in total. The van der Waals surface area contributed by atoms with Crippen LogP contribution in [0.3, 0.4) is 0 Å². The molecule has 0 radical (unpaired) electrons. The third kappa shape index (κ3) is 4.43. The van der Waals surface area contributed by atoms with Crippen molar-refractivity contribution in [2.45, 2.75) is 25.2 Å². The number of benzene rings is 1. The third-order valence-electron chi connectivity index (χ3n) is 4.07. The van der Waals surface area contributed by atoms with Gasteiger partial charge in [0.25, 0.3) is 0 Å². The van der Waals surface area contributed by atoms with Crippen molar-refractivity contribution in [2.24, 2.45) is 0 Å². The zero-order valence-corrected chi connectivity index (χ0v) is 14.1. The standard InChI is InChI=1S/C17H28N2O3/c1-18(2)12-17(20)7-8-19(13-17)10-14-5-6-16(22-4)15(9-14)11-21-3/h5-6,9,20H,7-8,10-13H2,1-4H3/t17-/m0/s1. The molecular formula is C17H28N2O3. The normalized spacial score (nSPS) is 22.5. The largest absolute Gasteiger partial charge is 0.496 e. The van der Waals surface area contributed by atoms with Crippen LogP contribution in [0.1, 0.15) is 17.5 Å². The number of hydrogen-bond acceptors (Lipinski definition) is 5. The van der Waals surface area contributed by atoms with Crippen LogP contribution in [-0.2, 0) is 17.9 Å². The first-order valence-electron chi connectivity index (χ1n) is 7.70. The van der Waals surface area contributed by atoms with Crippen molar-refractivity contribution in [1.82, 2.24) is 9.80 Å². The summed E-state index contributed by atoms with van der Waals surface area (Å²) in [5.74, 6) is 0.858. The Labute approximate surface area is 133 Å². The number of methoxy groups -OCH3 is 2. The molecule has 2 rings (SSSR count). The summed E-state index contributed by atoms with van der Waals surface area (Å²) in [7, 11) is 7.37. The predicted octanol–water partition coefficient (Wildman–Crippen LogP) is 1.34. The summed E-state index contributed by atoms with van der Waals surface area (Å²) < 4.78 is 10.6. The first-order valence-corrected chi connectivity index (χ1v) is 7.70. The van der Waals surface area contributed by atoms with Crippen LogP contribution in [0.5, 0.6) is 5.75 Å². The maximum atomic E-state index is 10.6. The molecule has 1 aliphatic heterocycles. The van der Waals surface area contributed by atoms with Crippen LogP contribution < -0.4 is 4.74 Å². The molecule has 0 aromatic heterocycles. The van der Waals surface area contributed by atoms with Crippen LogP contribution in [0.25, 0.3) is 0 Å². The van der Waals surface area contributed by atoms with Gasteiger partial charge in [0, 0.05) is 38.9 Å². The van der Waals surface area contributed by atoms with E-state index in [9.17, 15) is 5.11 Å². The van der Waals surface area contributed by atoms with Gasteiger partial charge in [-0.25, -0.2) is 0 Å². The van der Waals surface area contributed by atoms with Gasteiger partial charge in [-0.1, -0.05) is 6.07 Å². The van der Waals surface area contributed by atoms with Gasteiger partial charge >= 0.3 is 0 Å². The van der Waals surface area contributed by atoms with Gasteiger partial charge in [0.2, 0.25) is 0 Å². The molecule has 1 atom stereocenters. The molecule has 124 valence electrons. The molecule has 22 heavy (non-hydrogen) atoms. The lowest BCUT2D eigenvalue weighted by Gasteiger charge is -2.27. The summed E-state index contributed by atoms with van der Waals surface area (Å²) in [6, 6.07) is 6.21. The van der Waals surface area contributed by atoms with Gasteiger partial charge in [0.15, 0.2) is 0 Å². The van der Waals surface area contributed by atoms with Crippen LogP contribution in [0.4, 0.5) is 0 Å². The fourth-order valence-corrected chi connectivity index (χ4v) is 3.25. The van der Waals surface area contributed by atoms with Gasteiger partial charge in [0.05, 0.1) is 19.3 Å². The number of nitrogens with zero attached hydrogens (tertiary/aromatic N) is 2. The number of ether oxygens (including phenoxy) is 2. The van der Waals surface area contributed by atoms with Crippen molar-refractivity contribution < 1.29 is 14.6 Å². The fraction of sp³-hybridized carbons (Fsp3) is 0.647. The average molecular weight is 308 g/mol. The van der Waals surface area contributed by atoms with E-state index in [1.807, 2.05) is 25.1 Å². The topological polar surface area (TPSA) is 45.2 Å². The van der Waals surface area contributed by atoms with Crippen molar-refractivity contribution in [3.05, 3.63) is 29.3 Å². The van der Waals surface area contributed by atoms with E-state index >= 15 is 0 Å². The second-order valence-electron chi connectivity index (χ2n) is 6.50. The lowest BCUT2D eigenvalue weighted by Crippen LogP contribution is -2.42. The maximum absolute atomic E-state index is 10.6. The highest BCUT2D eigenvalue weighted by Crippen LogP contribution is 2.26. The van der Waals surface area contributed by atoms with Crippen molar-refractivity contribution in [3.8, 4) is 5.75 Å². The van der Waals surface area contributed by atoms with Crippen molar-refractivity contribution in [2.75, 3.05) is 47.9 Å². The van der Waals surface area contributed by atoms with Crippen molar-refractivity contribution in [1.29, 1.82) is 0 Å². The number of hydrogen-bond donors (Lipinski definition) is 1. The molecule has 0 amide bonds. The van der Waals surface area contributed by atoms with E-state index in [1.54, 1.807) is 14.2 Å². The first kappa shape index (κ1) is 17.2. The summed E-state index contributed by atoms with van der Waals surface area (Å²) in [6.07, 6.45) is 0.826. The molecule has 1 aliphatic rings. The van der Waals surface area contributed by atoms with E-state index in [1.165, 1.54) is 5.56 Å². The quantitative estimate of drug-likeness (QED) is 0.823. The van der Waals surface area contributed by atoms with E-state index in [-0.39, 0.29) is 0 Å². The van der Waals surface area contributed by atoms with E-state index in [2.05, 4.69) is 17.0 Å². The number of likely N-dealkylation sites (N-methyl/N-ethyl adjacent to an activating group) is 1. The molecule has 0 unspecified atom stereocenters. The van der Waals surface area contributed by atoms with Crippen LogP contribution in [0, 0.1) is 0 Å². The van der Waals surface area contributed by atoms with Gasteiger partial charge in [-0.15, -0.1) is 0 Å². The maximum Gasteiger partial charge on any atom is 0.124 e. The number of likely N-dealkylation sites (tertiary alicyclic amines) is 1. The predicted molar refractivity (Wildman–Crippen MR) is 87.1 cm³/mol. The van der Waals surface area contributed by atoms with Crippen LogP contribution in [0.2, 0.25) is 0 Å². The van der Waals surface area contributed by atoms with Crippen molar-refractivity contribution in [3.63, 3.8) is 0 Å². The van der Waals surface area contributed by atoms with E-state index in [0.717, 1.165) is 37.4 Å². The minimum atomic E-state index is -0.592. The highest BCUT2D eigenvalue weighted by Gasteiger charge is 2.36. The van der Waals surface area contributed by atoms with Gasteiger partial charge < -0.3 is 19.5 Å². The van der Waals surface area contributed by atoms with Gasteiger partial charge in [-0.3, -0.25) is 4.90 Å². The van der Waals surface area contributed by atoms with Gasteiger partial charge in [0.1, 0.15) is 5.75 Å². The molecule has 1 heterocycles. The first-order chi connectivity index (χ1) is 10.5. The highest BCUT2D eigenvalue weighted by molar-refractivity contribution is 5.37. The lowest BCUT2D eigenvalue weighted by molar-refractivity contribution is 0.0240. The summed E-state index contributed by atoms with van der Waals surface area (Å²) >= 11 is 0. The van der Waals surface area contributed by atoms with E-state index in [4.69, 9.17) is 9.47 Å². The number of β-amino-alcohol motifs (C(OH)–C–C–N with tert-alkyl or cyclic N) is 1. The average Bonchev–Trinajstić information content (AvgIpc) is 2.79. The monoisotopic (exact) mass is 308 g/mol. The molecular weight excluding hydrogens is 280 g/mol. The van der Waals surface area contributed by atoms with Crippen molar-refractivity contribution >= 4 is 0 Å². The second kappa shape index (κ2) is 7.42. The Bertz CT molecular complexity index is 493. The third-order valence-corrected chi connectivity index (χ3v) is 4.07. The number of aliphatic hydroxyl groups is 1. The Balaban J connectivity index is 2.01. The molecule has 1 fully saturated rings. The molecule has 5 nitrogen and oxygen atoms in total. The Kier molecular flexibility index (Phi) is 5.81. The molecule has 0 spiro atoms. The van der Waals surface area contributed by atoms with Crippen LogP contribution >= 0.6 is 0 Å². The molecule has 0 bridgehead atoms. The van der Waals surface area contributed by atoms with E-state index < -0.39 is 5.60 Å². The molecule has 0 aliphatic carbocycles. The second-order valence-corrected chi connectivity index (χ2v) is 6.50. The molecule has 1 saturated heterocycles. The SMILES string of the molecule is COCc1cc(CN2CC[C@](O)(CN(C)C)C2)ccc1OC. The Morgan fingerprint density at radius 2 is 2.09 bits per heavy atom. The van der Waals surface area contributed by atoms with E-state index in [0.29, 0.717) is 13.2 Å². The van der Waals surface area contributed by atoms with Gasteiger partial charge in [-0.05, 0) is 38.2 Å². The zero-order valence-electron chi connectivity index (χ0n) is 14.1. The summed E-state index contributed by atoms with van der Waals surface area (Å²) in [6.45, 7) is 3.74. The Hall–Kier alpha value is -1.14.